The first-order valence-electron chi connectivity index (χ1n) is 7.58. The number of rotatable bonds is 4. The van der Waals surface area contributed by atoms with Crippen LogP contribution in [0.4, 0.5) is 24.5 Å². The van der Waals surface area contributed by atoms with Crippen molar-refractivity contribution in [2.24, 2.45) is 0 Å². The van der Waals surface area contributed by atoms with Gasteiger partial charge in [-0.15, -0.1) is 11.6 Å². The summed E-state index contributed by atoms with van der Waals surface area (Å²) in [5.41, 5.74) is 4.34. The Hall–Kier alpha value is -2.26. The third kappa shape index (κ3) is 4.36. The van der Waals surface area contributed by atoms with Gasteiger partial charge in [-0.25, -0.2) is 8.42 Å². The van der Waals surface area contributed by atoms with E-state index in [4.69, 9.17) is 17.3 Å². The van der Waals surface area contributed by atoms with Gasteiger partial charge >= 0.3 is 6.18 Å². The minimum atomic E-state index is -4.63. The number of nitrogen functional groups attached to an aromatic ring is 1. The summed E-state index contributed by atoms with van der Waals surface area (Å²) >= 11 is 5.68. The molecule has 2 N–H and O–H groups in total. The molecule has 1 amide bonds. The molecule has 0 bridgehead atoms. The maximum atomic E-state index is 12.9. The molecule has 5 nitrogen and oxygen atoms in total. The van der Waals surface area contributed by atoms with E-state index >= 15 is 0 Å². The molecule has 146 valence electrons. The molecule has 10 heteroatoms. The Kier molecular flexibility index (Phi) is 5.77. The van der Waals surface area contributed by atoms with E-state index in [0.717, 1.165) is 17.0 Å². The van der Waals surface area contributed by atoms with Gasteiger partial charge in [-0.05, 0) is 43.3 Å². The number of alkyl halides is 4. The highest BCUT2D eigenvalue weighted by Gasteiger charge is 2.32. The monoisotopic (exact) mass is 420 g/mol. The van der Waals surface area contributed by atoms with Crippen molar-refractivity contribution in [3.05, 3.63) is 53.6 Å². The summed E-state index contributed by atoms with van der Waals surface area (Å²) in [5.74, 6) is -0.813. The van der Waals surface area contributed by atoms with E-state index in [2.05, 4.69) is 0 Å². The second-order valence-electron chi connectivity index (χ2n) is 5.75. The van der Waals surface area contributed by atoms with Gasteiger partial charge in [-0.2, -0.15) is 13.2 Å². The van der Waals surface area contributed by atoms with Crippen molar-refractivity contribution in [1.82, 2.24) is 0 Å². The van der Waals surface area contributed by atoms with Crippen LogP contribution in [0.5, 0.6) is 0 Å². The van der Waals surface area contributed by atoms with Gasteiger partial charge in [0.1, 0.15) is 4.71 Å². The van der Waals surface area contributed by atoms with Crippen molar-refractivity contribution in [3.8, 4) is 0 Å². The van der Waals surface area contributed by atoms with E-state index in [0.29, 0.717) is 6.07 Å². The lowest BCUT2D eigenvalue weighted by molar-refractivity contribution is -0.137. The molecular weight excluding hydrogens is 405 g/mol. The first-order valence-corrected chi connectivity index (χ1v) is 9.57. The summed E-state index contributed by atoms with van der Waals surface area (Å²) in [6.45, 7) is 1.29. The van der Waals surface area contributed by atoms with Gasteiger partial charge in [0.15, 0.2) is 9.84 Å². The average molecular weight is 421 g/mol. The third-order valence-electron chi connectivity index (χ3n) is 3.88. The van der Waals surface area contributed by atoms with Crippen LogP contribution >= 0.6 is 11.6 Å². The maximum Gasteiger partial charge on any atom is 0.416 e. The number of nitrogens with two attached hydrogens (primary N) is 1. The number of carbonyl (C=O) groups excluding carboxylic acids is 1. The summed E-state index contributed by atoms with van der Waals surface area (Å²) in [6, 6.07) is 7.82. The Labute approximate surface area is 159 Å². The fourth-order valence-electron chi connectivity index (χ4n) is 2.27. The van der Waals surface area contributed by atoms with Crippen LogP contribution in [-0.4, -0.2) is 26.1 Å². The quantitative estimate of drug-likeness (QED) is 0.600. The minimum Gasteiger partial charge on any atom is -0.398 e. The van der Waals surface area contributed by atoms with E-state index in [1.165, 1.54) is 38.2 Å². The number of amides is 1. The van der Waals surface area contributed by atoms with Gasteiger partial charge < -0.3 is 10.6 Å². The zero-order valence-electron chi connectivity index (χ0n) is 14.3. The van der Waals surface area contributed by atoms with Crippen molar-refractivity contribution in [3.63, 3.8) is 0 Å². The van der Waals surface area contributed by atoms with Gasteiger partial charge in [0.05, 0.1) is 16.0 Å². The number of carbonyl (C=O) groups is 1. The second-order valence-corrected chi connectivity index (χ2v) is 8.93. The molecule has 0 aromatic heterocycles. The minimum absolute atomic E-state index is 0.112. The predicted octanol–water partition coefficient (Wildman–Crippen LogP) is 3.92. The topological polar surface area (TPSA) is 80.5 Å². The SMILES string of the molecule is CC(Cl)S(=O)(=O)c1cccc(N(C)C(=O)c2cc(C(F)(F)F)ccc2N)c1. The molecule has 27 heavy (non-hydrogen) atoms. The zero-order chi connectivity index (χ0) is 20.6. The van der Waals surface area contributed by atoms with Gasteiger partial charge in [-0.1, -0.05) is 6.07 Å². The van der Waals surface area contributed by atoms with Crippen LogP contribution in [0.15, 0.2) is 47.4 Å². The molecule has 2 aromatic carbocycles. The molecule has 2 rings (SSSR count). The molecule has 1 atom stereocenters. The summed E-state index contributed by atoms with van der Waals surface area (Å²) in [6.07, 6.45) is -4.63. The Balaban J connectivity index is 2.45. The fraction of sp³-hybridized carbons (Fsp3) is 0.235. The normalized spacial score (nSPS) is 13.3. The number of nitrogens with zero attached hydrogens (tertiary/aromatic N) is 1. The maximum absolute atomic E-state index is 12.9. The molecule has 0 saturated carbocycles. The second kappa shape index (κ2) is 7.40. The van der Waals surface area contributed by atoms with E-state index in [9.17, 15) is 26.4 Å². The predicted molar refractivity (Wildman–Crippen MR) is 97.5 cm³/mol. The molecular formula is C17H16ClF3N2O3S. The highest BCUT2D eigenvalue weighted by atomic mass is 35.5. The standard InChI is InChI=1S/C17H16ClF3N2O3S/c1-10(18)27(25,26)13-5-3-4-12(9-13)23(2)16(24)14-8-11(17(19,20)21)6-7-15(14)22/h3-10H,22H2,1-2H3. The largest absolute Gasteiger partial charge is 0.416 e. The van der Waals surface area contributed by atoms with Crippen LogP contribution in [0, 0.1) is 0 Å². The van der Waals surface area contributed by atoms with Crippen molar-refractivity contribution in [2.45, 2.75) is 22.7 Å². The van der Waals surface area contributed by atoms with Gasteiger partial charge in [0.2, 0.25) is 0 Å². The third-order valence-corrected chi connectivity index (χ3v) is 6.35. The van der Waals surface area contributed by atoms with Crippen LogP contribution in [0.25, 0.3) is 0 Å². The summed E-state index contributed by atoms with van der Waals surface area (Å²) in [4.78, 5) is 13.5. The first kappa shape index (κ1) is 21.0. The Bertz CT molecular complexity index is 976. The van der Waals surface area contributed by atoms with Crippen molar-refractivity contribution in [1.29, 1.82) is 0 Å². The van der Waals surface area contributed by atoms with Crippen LogP contribution in [0.1, 0.15) is 22.8 Å². The van der Waals surface area contributed by atoms with Crippen LogP contribution in [0.2, 0.25) is 0 Å². The van der Waals surface area contributed by atoms with Crippen LogP contribution < -0.4 is 10.6 Å². The van der Waals surface area contributed by atoms with E-state index in [1.54, 1.807) is 0 Å². The summed E-state index contributed by atoms with van der Waals surface area (Å²) < 4.78 is 61.9. The molecule has 0 heterocycles. The number of hydrogen-bond acceptors (Lipinski definition) is 4. The Morgan fingerprint density at radius 3 is 2.37 bits per heavy atom. The number of hydrogen-bond donors (Lipinski definition) is 1. The number of benzene rings is 2. The molecule has 0 spiro atoms. The van der Waals surface area contributed by atoms with Crippen LogP contribution in [-0.2, 0) is 16.0 Å². The lowest BCUT2D eigenvalue weighted by Crippen LogP contribution is -2.27. The van der Waals surface area contributed by atoms with E-state index in [-0.39, 0.29) is 21.8 Å². The highest BCUT2D eigenvalue weighted by Crippen LogP contribution is 2.32. The van der Waals surface area contributed by atoms with E-state index in [1.807, 2.05) is 0 Å². The number of sulfone groups is 1. The smallest absolute Gasteiger partial charge is 0.398 e. The van der Waals surface area contributed by atoms with Gasteiger partial charge in [0, 0.05) is 18.4 Å². The number of halogens is 4. The zero-order valence-corrected chi connectivity index (χ0v) is 15.9. The van der Waals surface area contributed by atoms with Crippen LogP contribution in [0.3, 0.4) is 0 Å². The highest BCUT2D eigenvalue weighted by molar-refractivity contribution is 7.93. The Morgan fingerprint density at radius 1 is 1.19 bits per heavy atom. The lowest BCUT2D eigenvalue weighted by Gasteiger charge is -2.20. The van der Waals surface area contributed by atoms with Crippen molar-refractivity contribution >= 4 is 38.7 Å². The molecule has 0 fully saturated rings. The lowest BCUT2D eigenvalue weighted by atomic mass is 10.1. The Morgan fingerprint density at radius 2 is 1.81 bits per heavy atom. The fourth-order valence-corrected chi connectivity index (χ4v) is 3.51. The molecule has 1 unspecified atom stereocenters. The van der Waals surface area contributed by atoms with Crippen molar-refractivity contribution in [2.75, 3.05) is 17.7 Å². The van der Waals surface area contributed by atoms with Gasteiger partial charge in [0.25, 0.3) is 5.91 Å². The molecule has 0 aliphatic rings. The molecule has 2 aromatic rings. The summed E-state index contributed by atoms with van der Waals surface area (Å²) in [5, 5.41) is 0. The molecule has 0 aliphatic heterocycles. The molecule has 0 radical (unpaired) electrons. The van der Waals surface area contributed by atoms with E-state index < -0.39 is 32.2 Å². The number of anilines is 2. The first-order chi connectivity index (χ1) is 12.4. The molecule has 0 saturated heterocycles. The average Bonchev–Trinajstić information content (AvgIpc) is 2.59. The van der Waals surface area contributed by atoms with Gasteiger partial charge in [-0.3, -0.25) is 4.79 Å². The molecule has 0 aliphatic carbocycles. The van der Waals surface area contributed by atoms with Crippen molar-refractivity contribution < 1.29 is 26.4 Å². The summed E-state index contributed by atoms with van der Waals surface area (Å²) in [7, 11) is -2.50.